The molecule has 2 heterocycles. The molecule has 4 nitrogen and oxygen atoms in total. The Morgan fingerprint density at radius 2 is 2.29 bits per heavy atom. The van der Waals surface area contributed by atoms with Crippen molar-refractivity contribution in [1.29, 1.82) is 0 Å². The smallest absolute Gasteiger partial charge is 0.143 e. The van der Waals surface area contributed by atoms with Gasteiger partial charge >= 0.3 is 0 Å². The van der Waals surface area contributed by atoms with Crippen molar-refractivity contribution in [2.75, 3.05) is 0 Å². The van der Waals surface area contributed by atoms with Crippen LogP contribution in [0, 0.1) is 0 Å². The molecule has 1 aromatic carbocycles. The molecule has 0 bridgehead atoms. The van der Waals surface area contributed by atoms with E-state index in [2.05, 4.69) is 4.98 Å². The number of aliphatic hydroxyl groups is 1. The van der Waals surface area contributed by atoms with Crippen molar-refractivity contribution in [3.8, 4) is 5.75 Å². The Labute approximate surface area is 80.4 Å². The van der Waals surface area contributed by atoms with Crippen molar-refractivity contribution in [3.05, 3.63) is 24.0 Å². The lowest BCUT2D eigenvalue weighted by molar-refractivity contribution is 0.176. The van der Waals surface area contributed by atoms with E-state index in [1.165, 1.54) is 0 Å². The lowest BCUT2D eigenvalue weighted by atomic mass is 10.2. The molecule has 4 heteroatoms. The predicted molar refractivity (Wildman–Crippen MR) is 51.1 cm³/mol. The molecule has 3 rings (SSSR count). The van der Waals surface area contributed by atoms with Crippen LogP contribution in [0.15, 0.2) is 18.2 Å². The van der Waals surface area contributed by atoms with Gasteiger partial charge in [-0.15, -0.1) is 0 Å². The van der Waals surface area contributed by atoms with Gasteiger partial charge in [-0.2, -0.15) is 0 Å². The van der Waals surface area contributed by atoms with Crippen LogP contribution in [0.5, 0.6) is 5.75 Å². The minimum Gasteiger partial charge on any atom is -0.506 e. The maximum atomic E-state index is 9.56. The number of aliphatic hydroxyl groups excluding tert-OH is 1. The lowest BCUT2D eigenvalue weighted by Crippen LogP contribution is -2.07. The monoisotopic (exact) mass is 190 g/mol. The average Bonchev–Trinajstić information content (AvgIpc) is 2.63. The number of para-hydroxylation sites is 1. The first-order valence-corrected chi connectivity index (χ1v) is 4.61. The van der Waals surface area contributed by atoms with Gasteiger partial charge in [-0.05, 0) is 12.1 Å². The van der Waals surface area contributed by atoms with Gasteiger partial charge in [-0.25, -0.2) is 4.98 Å². The number of fused-ring (bicyclic) bond motifs is 3. The summed E-state index contributed by atoms with van der Waals surface area (Å²) in [7, 11) is 0. The standard InChI is InChI=1S/C10H10N2O2/c13-6-4-9-11-10-7(12(9)5-6)2-1-3-8(10)14/h1-3,6,13-14H,4-5H2. The zero-order valence-electron chi connectivity index (χ0n) is 7.51. The first-order chi connectivity index (χ1) is 6.75. The van der Waals surface area contributed by atoms with Crippen molar-refractivity contribution in [1.82, 2.24) is 9.55 Å². The van der Waals surface area contributed by atoms with Gasteiger partial charge in [0.25, 0.3) is 0 Å². The van der Waals surface area contributed by atoms with Crippen molar-refractivity contribution < 1.29 is 10.2 Å². The van der Waals surface area contributed by atoms with E-state index in [-0.39, 0.29) is 11.9 Å². The number of benzene rings is 1. The molecule has 0 radical (unpaired) electrons. The second kappa shape index (κ2) is 2.48. The minimum absolute atomic E-state index is 0.207. The van der Waals surface area contributed by atoms with Crippen LogP contribution in [0.25, 0.3) is 11.0 Å². The number of aromatic hydroxyl groups is 1. The van der Waals surface area contributed by atoms with E-state index >= 15 is 0 Å². The summed E-state index contributed by atoms with van der Waals surface area (Å²) in [6.07, 6.45) is 0.248. The van der Waals surface area contributed by atoms with Gasteiger partial charge in [-0.3, -0.25) is 0 Å². The molecule has 0 saturated carbocycles. The van der Waals surface area contributed by atoms with Crippen molar-refractivity contribution in [2.24, 2.45) is 0 Å². The van der Waals surface area contributed by atoms with Crippen LogP contribution >= 0.6 is 0 Å². The fourth-order valence-corrected chi connectivity index (χ4v) is 2.03. The van der Waals surface area contributed by atoms with E-state index < -0.39 is 0 Å². The number of imidazole rings is 1. The van der Waals surface area contributed by atoms with Crippen LogP contribution in [0.4, 0.5) is 0 Å². The van der Waals surface area contributed by atoms with Gasteiger partial charge in [0.15, 0.2) is 0 Å². The summed E-state index contributed by atoms with van der Waals surface area (Å²) in [5, 5.41) is 19.0. The third-order valence-electron chi connectivity index (χ3n) is 2.65. The molecule has 72 valence electrons. The Kier molecular flexibility index (Phi) is 1.39. The van der Waals surface area contributed by atoms with E-state index in [9.17, 15) is 10.2 Å². The second-order valence-electron chi connectivity index (χ2n) is 3.64. The molecule has 0 saturated heterocycles. The Morgan fingerprint density at radius 3 is 3.14 bits per heavy atom. The highest BCUT2D eigenvalue weighted by molar-refractivity contribution is 5.82. The first-order valence-electron chi connectivity index (χ1n) is 4.61. The molecule has 0 aliphatic carbocycles. The summed E-state index contributed by atoms with van der Waals surface area (Å²) in [5.41, 5.74) is 1.53. The van der Waals surface area contributed by atoms with E-state index in [1.807, 2.05) is 10.6 Å². The summed E-state index contributed by atoms with van der Waals surface area (Å²) < 4.78 is 1.96. The Balaban J connectivity index is 2.33. The molecule has 14 heavy (non-hydrogen) atoms. The van der Waals surface area contributed by atoms with E-state index in [1.54, 1.807) is 12.1 Å². The largest absolute Gasteiger partial charge is 0.506 e. The summed E-state index contributed by atoms with van der Waals surface area (Å²) >= 11 is 0. The summed E-state index contributed by atoms with van der Waals surface area (Å²) in [6, 6.07) is 5.32. The lowest BCUT2D eigenvalue weighted by Gasteiger charge is -2.01. The van der Waals surface area contributed by atoms with E-state index in [4.69, 9.17) is 0 Å². The van der Waals surface area contributed by atoms with Crippen molar-refractivity contribution in [2.45, 2.75) is 19.1 Å². The Hall–Kier alpha value is -1.55. The zero-order chi connectivity index (χ0) is 9.71. The Bertz CT molecular complexity index is 504. The van der Waals surface area contributed by atoms with Gasteiger partial charge < -0.3 is 14.8 Å². The molecule has 1 unspecified atom stereocenters. The van der Waals surface area contributed by atoms with Crippen LogP contribution in [0.2, 0.25) is 0 Å². The van der Waals surface area contributed by atoms with E-state index in [0.717, 1.165) is 11.3 Å². The van der Waals surface area contributed by atoms with Gasteiger partial charge in [0.05, 0.1) is 18.2 Å². The van der Waals surface area contributed by atoms with E-state index in [0.29, 0.717) is 18.5 Å². The molecule has 0 fully saturated rings. The highest BCUT2D eigenvalue weighted by atomic mass is 16.3. The molecular weight excluding hydrogens is 180 g/mol. The number of phenols is 1. The van der Waals surface area contributed by atoms with Gasteiger partial charge in [-0.1, -0.05) is 6.07 Å². The van der Waals surface area contributed by atoms with Crippen molar-refractivity contribution >= 4 is 11.0 Å². The predicted octanol–water partition coefficient (Wildman–Crippen LogP) is 0.659. The quantitative estimate of drug-likeness (QED) is 0.641. The van der Waals surface area contributed by atoms with Crippen LogP contribution in [-0.4, -0.2) is 25.9 Å². The maximum Gasteiger partial charge on any atom is 0.143 e. The molecule has 1 aliphatic heterocycles. The van der Waals surface area contributed by atoms with Gasteiger partial charge in [0.1, 0.15) is 17.1 Å². The number of hydrogen-bond donors (Lipinski definition) is 2. The number of phenolic OH excluding ortho intramolecular Hbond substituents is 1. The second-order valence-corrected chi connectivity index (χ2v) is 3.64. The molecule has 0 spiro atoms. The fraction of sp³-hybridized carbons (Fsp3) is 0.300. The summed E-state index contributed by atoms with van der Waals surface area (Å²) in [5.74, 6) is 1.06. The fourth-order valence-electron chi connectivity index (χ4n) is 2.03. The molecule has 1 atom stereocenters. The Morgan fingerprint density at radius 1 is 1.43 bits per heavy atom. The maximum absolute atomic E-state index is 9.56. The number of rotatable bonds is 0. The molecular formula is C10H10N2O2. The zero-order valence-corrected chi connectivity index (χ0v) is 7.51. The van der Waals surface area contributed by atoms with Gasteiger partial charge in [0, 0.05) is 6.42 Å². The molecule has 0 amide bonds. The topological polar surface area (TPSA) is 58.3 Å². The SMILES string of the molecule is Oc1cccc2c1nc1n2CC(O)C1. The first kappa shape index (κ1) is 7.82. The molecule has 1 aromatic heterocycles. The van der Waals surface area contributed by atoms with Crippen molar-refractivity contribution in [3.63, 3.8) is 0 Å². The molecule has 2 aromatic rings. The van der Waals surface area contributed by atoms with Crippen LogP contribution in [0.1, 0.15) is 5.82 Å². The van der Waals surface area contributed by atoms with Crippen LogP contribution < -0.4 is 0 Å². The minimum atomic E-state index is -0.329. The van der Waals surface area contributed by atoms with Crippen LogP contribution in [0.3, 0.4) is 0 Å². The molecule has 1 aliphatic rings. The summed E-state index contributed by atoms with van der Waals surface area (Å²) in [6.45, 7) is 0.579. The number of nitrogens with zero attached hydrogens (tertiary/aromatic N) is 2. The van der Waals surface area contributed by atoms with Crippen LogP contribution in [-0.2, 0) is 13.0 Å². The number of aromatic nitrogens is 2. The van der Waals surface area contributed by atoms with Gasteiger partial charge in [0.2, 0.25) is 0 Å². The summed E-state index contributed by atoms with van der Waals surface area (Å²) in [4.78, 5) is 4.30. The normalized spacial score (nSPS) is 20.2. The highest BCUT2D eigenvalue weighted by Gasteiger charge is 2.23. The number of hydrogen-bond acceptors (Lipinski definition) is 3. The molecule has 2 N–H and O–H groups in total. The average molecular weight is 190 g/mol. The third-order valence-corrected chi connectivity index (χ3v) is 2.65. The third kappa shape index (κ3) is 0.886. The highest BCUT2D eigenvalue weighted by Crippen LogP contribution is 2.28.